The van der Waals surface area contributed by atoms with E-state index >= 15 is 0 Å². The van der Waals surface area contributed by atoms with E-state index in [0.29, 0.717) is 0 Å². The highest BCUT2D eigenvalue weighted by Crippen LogP contribution is 2.12. The van der Waals surface area contributed by atoms with Crippen molar-refractivity contribution < 1.29 is 13.6 Å². The molecule has 0 amide bonds. The van der Waals surface area contributed by atoms with Crippen LogP contribution < -0.4 is 0 Å². The Balaban J connectivity index is 2.45. The van der Waals surface area contributed by atoms with Gasteiger partial charge in [0.15, 0.2) is 5.82 Å². The minimum atomic E-state index is -0.780. The molecule has 0 fully saturated rings. The van der Waals surface area contributed by atoms with Crippen molar-refractivity contribution >= 4 is 5.78 Å². The van der Waals surface area contributed by atoms with Gasteiger partial charge >= 0.3 is 0 Å². The molecule has 0 spiro atoms. The predicted octanol–water partition coefficient (Wildman–Crippen LogP) is 1.93. The van der Waals surface area contributed by atoms with Crippen LogP contribution in [-0.2, 0) is 7.05 Å². The summed E-state index contributed by atoms with van der Waals surface area (Å²) in [5, 5.41) is 0. The molecule has 0 saturated carbocycles. The van der Waals surface area contributed by atoms with Gasteiger partial charge in [0.05, 0.1) is 0 Å². The SMILES string of the molecule is Cn1ccnc1C(=O)c1cc(F)cc(F)c1. The van der Waals surface area contributed by atoms with E-state index in [4.69, 9.17) is 0 Å². The van der Waals surface area contributed by atoms with Gasteiger partial charge in [-0.1, -0.05) is 0 Å². The third-order valence-corrected chi connectivity index (χ3v) is 2.15. The van der Waals surface area contributed by atoms with Crippen molar-refractivity contribution in [2.75, 3.05) is 0 Å². The van der Waals surface area contributed by atoms with Gasteiger partial charge in [0.1, 0.15) is 11.6 Å². The van der Waals surface area contributed by atoms with Crippen LogP contribution in [0.5, 0.6) is 0 Å². The second-order valence-corrected chi connectivity index (χ2v) is 3.35. The molecule has 0 aliphatic carbocycles. The highest BCUT2D eigenvalue weighted by atomic mass is 19.1. The quantitative estimate of drug-likeness (QED) is 0.728. The van der Waals surface area contributed by atoms with Gasteiger partial charge in [-0.3, -0.25) is 4.79 Å². The highest BCUT2D eigenvalue weighted by Gasteiger charge is 2.15. The topological polar surface area (TPSA) is 34.9 Å². The first-order chi connectivity index (χ1) is 7.58. The number of hydrogen-bond donors (Lipinski definition) is 0. The maximum Gasteiger partial charge on any atom is 0.228 e. The molecule has 2 rings (SSSR count). The average Bonchev–Trinajstić information content (AvgIpc) is 2.62. The number of carbonyl (C=O) groups excluding carboxylic acids is 1. The molecule has 1 heterocycles. The Morgan fingerprint density at radius 1 is 1.25 bits per heavy atom. The average molecular weight is 222 g/mol. The van der Waals surface area contributed by atoms with Crippen molar-refractivity contribution in [3.63, 3.8) is 0 Å². The lowest BCUT2D eigenvalue weighted by atomic mass is 10.1. The largest absolute Gasteiger partial charge is 0.331 e. The molecular weight excluding hydrogens is 214 g/mol. The summed E-state index contributed by atoms with van der Waals surface area (Å²) in [6.07, 6.45) is 3.03. The first kappa shape index (κ1) is 10.5. The van der Waals surface area contributed by atoms with Crippen LogP contribution in [0.3, 0.4) is 0 Å². The molecule has 0 aliphatic heterocycles. The van der Waals surface area contributed by atoms with E-state index in [0.717, 1.165) is 18.2 Å². The third kappa shape index (κ3) is 1.84. The van der Waals surface area contributed by atoms with Gasteiger partial charge in [-0.25, -0.2) is 13.8 Å². The van der Waals surface area contributed by atoms with Gasteiger partial charge < -0.3 is 4.57 Å². The lowest BCUT2D eigenvalue weighted by Gasteiger charge is -2.01. The Labute approximate surface area is 90.3 Å². The van der Waals surface area contributed by atoms with Crippen LogP contribution in [0.15, 0.2) is 30.6 Å². The number of rotatable bonds is 2. The van der Waals surface area contributed by atoms with Crippen molar-refractivity contribution in [3.8, 4) is 0 Å². The standard InChI is InChI=1S/C11H8F2N2O/c1-15-3-2-14-11(15)10(16)7-4-8(12)6-9(13)5-7/h2-6H,1H3. The fourth-order valence-corrected chi connectivity index (χ4v) is 1.40. The van der Waals surface area contributed by atoms with Crippen LogP contribution in [0, 0.1) is 11.6 Å². The Bertz CT molecular complexity index is 528. The van der Waals surface area contributed by atoms with Gasteiger partial charge in [-0.05, 0) is 12.1 Å². The molecule has 0 bridgehead atoms. The van der Waals surface area contributed by atoms with E-state index in [2.05, 4.69) is 4.98 Å². The molecule has 2 aromatic rings. The molecule has 0 atom stereocenters. The molecule has 0 unspecified atom stereocenters. The first-order valence-corrected chi connectivity index (χ1v) is 4.56. The van der Waals surface area contributed by atoms with E-state index in [-0.39, 0.29) is 11.4 Å². The zero-order valence-corrected chi connectivity index (χ0v) is 8.45. The molecule has 0 N–H and O–H groups in total. The molecule has 5 heteroatoms. The van der Waals surface area contributed by atoms with Crippen LogP contribution in [0.1, 0.15) is 16.2 Å². The smallest absolute Gasteiger partial charge is 0.228 e. The minimum Gasteiger partial charge on any atom is -0.331 e. The predicted molar refractivity (Wildman–Crippen MR) is 53.0 cm³/mol. The van der Waals surface area contributed by atoms with Crippen LogP contribution in [0.4, 0.5) is 8.78 Å². The number of hydrogen-bond acceptors (Lipinski definition) is 2. The molecule has 16 heavy (non-hydrogen) atoms. The normalized spacial score (nSPS) is 10.4. The number of ketones is 1. The number of halogens is 2. The molecule has 82 valence electrons. The number of imidazole rings is 1. The number of nitrogens with zero attached hydrogens (tertiary/aromatic N) is 2. The summed E-state index contributed by atoms with van der Waals surface area (Å²) in [4.78, 5) is 15.6. The number of carbonyl (C=O) groups is 1. The van der Waals surface area contributed by atoms with Gasteiger partial charge in [0, 0.05) is 31.1 Å². The van der Waals surface area contributed by atoms with Crippen molar-refractivity contribution in [1.29, 1.82) is 0 Å². The third-order valence-electron chi connectivity index (χ3n) is 2.15. The van der Waals surface area contributed by atoms with Crippen LogP contribution in [-0.4, -0.2) is 15.3 Å². The van der Waals surface area contributed by atoms with Crippen LogP contribution >= 0.6 is 0 Å². The van der Waals surface area contributed by atoms with Crippen molar-refractivity contribution in [3.05, 3.63) is 53.6 Å². The van der Waals surface area contributed by atoms with Crippen molar-refractivity contribution in [1.82, 2.24) is 9.55 Å². The number of aromatic nitrogens is 2. The summed E-state index contributed by atoms with van der Waals surface area (Å²) < 4.78 is 27.3. The summed E-state index contributed by atoms with van der Waals surface area (Å²) in [5.41, 5.74) is -0.0493. The second kappa shape index (κ2) is 3.84. The maximum atomic E-state index is 12.9. The summed E-state index contributed by atoms with van der Waals surface area (Å²) in [6.45, 7) is 0. The lowest BCUT2D eigenvalue weighted by Crippen LogP contribution is -2.09. The summed E-state index contributed by atoms with van der Waals surface area (Å²) in [7, 11) is 1.63. The molecule has 0 radical (unpaired) electrons. The fraction of sp³-hybridized carbons (Fsp3) is 0.0909. The van der Waals surface area contributed by atoms with Crippen LogP contribution in [0.2, 0.25) is 0 Å². The van der Waals surface area contributed by atoms with Crippen molar-refractivity contribution in [2.24, 2.45) is 7.05 Å². The molecule has 0 saturated heterocycles. The fourth-order valence-electron chi connectivity index (χ4n) is 1.40. The summed E-state index contributed by atoms with van der Waals surface area (Å²) in [6, 6.07) is 2.69. The molecule has 3 nitrogen and oxygen atoms in total. The molecule has 1 aromatic heterocycles. The molecule has 1 aromatic carbocycles. The van der Waals surface area contributed by atoms with Gasteiger partial charge in [-0.2, -0.15) is 0 Å². The zero-order valence-electron chi connectivity index (χ0n) is 8.45. The van der Waals surface area contributed by atoms with E-state index in [1.54, 1.807) is 13.2 Å². The van der Waals surface area contributed by atoms with Gasteiger partial charge in [0.2, 0.25) is 5.78 Å². The monoisotopic (exact) mass is 222 g/mol. The van der Waals surface area contributed by atoms with E-state index in [1.165, 1.54) is 10.8 Å². The summed E-state index contributed by atoms with van der Waals surface area (Å²) >= 11 is 0. The Hall–Kier alpha value is -2.04. The Kier molecular flexibility index (Phi) is 2.52. The molecule has 0 aliphatic rings. The van der Waals surface area contributed by atoms with Crippen molar-refractivity contribution in [2.45, 2.75) is 0 Å². The van der Waals surface area contributed by atoms with Gasteiger partial charge in [0.25, 0.3) is 0 Å². The van der Waals surface area contributed by atoms with E-state index in [9.17, 15) is 13.6 Å². The van der Waals surface area contributed by atoms with E-state index < -0.39 is 17.4 Å². The first-order valence-electron chi connectivity index (χ1n) is 4.56. The highest BCUT2D eigenvalue weighted by molar-refractivity contribution is 6.06. The minimum absolute atomic E-state index is 0.0493. The summed E-state index contributed by atoms with van der Waals surface area (Å²) in [5.74, 6) is -1.92. The lowest BCUT2D eigenvalue weighted by molar-refractivity contribution is 0.102. The zero-order chi connectivity index (χ0) is 11.7. The van der Waals surface area contributed by atoms with Gasteiger partial charge in [-0.15, -0.1) is 0 Å². The number of aryl methyl sites for hydroxylation is 1. The number of benzene rings is 1. The van der Waals surface area contributed by atoms with E-state index in [1.807, 2.05) is 0 Å². The maximum absolute atomic E-state index is 12.9. The Morgan fingerprint density at radius 3 is 2.38 bits per heavy atom. The second-order valence-electron chi connectivity index (χ2n) is 3.35. The Morgan fingerprint density at radius 2 is 1.88 bits per heavy atom. The van der Waals surface area contributed by atoms with Crippen LogP contribution in [0.25, 0.3) is 0 Å². The molecular formula is C11H8F2N2O.